The molecule has 0 spiro atoms. The number of nitrogens with zero attached hydrogens (tertiary/aromatic N) is 3. The minimum absolute atomic E-state index is 0.119. The van der Waals surface area contributed by atoms with Crippen LogP contribution in [0, 0.1) is 10.1 Å². The molecule has 0 amide bonds. The number of pyridine rings is 1. The molecule has 1 fully saturated rings. The molecule has 0 saturated carbocycles. The van der Waals surface area contributed by atoms with Crippen molar-refractivity contribution in [2.75, 3.05) is 36.5 Å². The average molecular weight is 335 g/mol. The van der Waals surface area contributed by atoms with Gasteiger partial charge in [0.25, 0.3) is 0 Å². The maximum atomic E-state index is 11.0. The van der Waals surface area contributed by atoms with Gasteiger partial charge in [0.05, 0.1) is 18.1 Å². The summed E-state index contributed by atoms with van der Waals surface area (Å²) >= 11 is 5.82. The number of rotatable bonds is 4. The fourth-order valence-corrected chi connectivity index (χ4v) is 2.53. The lowest BCUT2D eigenvalue weighted by molar-refractivity contribution is -0.384. The molecule has 1 aromatic carbocycles. The van der Waals surface area contributed by atoms with E-state index in [1.54, 1.807) is 0 Å². The minimum Gasteiger partial charge on any atom is -0.378 e. The molecule has 2 aromatic rings. The Bertz CT molecular complexity index is 702. The Kier molecular flexibility index (Phi) is 4.59. The van der Waals surface area contributed by atoms with E-state index in [4.69, 9.17) is 16.3 Å². The van der Waals surface area contributed by atoms with Crippen LogP contribution in [-0.4, -0.2) is 36.2 Å². The van der Waals surface area contributed by atoms with Gasteiger partial charge in [0, 0.05) is 30.5 Å². The van der Waals surface area contributed by atoms with Crippen molar-refractivity contribution >= 4 is 34.5 Å². The van der Waals surface area contributed by atoms with Crippen molar-refractivity contribution in [2.45, 2.75) is 0 Å². The van der Waals surface area contributed by atoms with Crippen molar-refractivity contribution in [3.63, 3.8) is 0 Å². The van der Waals surface area contributed by atoms with E-state index < -0.39 is 4.92 Å². The fraction of sp³-hybridized carbons (Fsp3) is 0.267. The predicted octanol–water partition coefficient (Wildman–Crippen LogP) is 3.22. The normalized spacial score (nSPS) is 14.6. The molecule has 8 heteroatoms. The molecule has 23 heavy (non-hydrogen) atoms. The zero-order chi connectivity index (χ0) is 16.2. The van der Waals surface area contributed by atoms with Crippen LogP contribution in [0.5, 0.6) is 0 Å². The molecule has 1 aliphatic heterocycles. The SMILES string of the molecule is O=[N+]([O-])c1ccc(Cl)nc1Nc1ccc(N2CCOCC2)cc1. The van der Waals surface area contributed by atoms with Gasteiger partial charge in [-0.05, 0) is 30.3 Å². The number of hydrogen-bond donors (Lipinski definition) is 1. The van der Waals surface area contributed by atoms with Crippen LogP contribution in [0.25, 0.3) is 0 Å². The number of aromatic nitrogens is 1. The van der Waals surface area contributed by atoms with Gasteiger partial charge >= 0.3 is 5.69 Å². The van der Waals surface area contributed by atoms with E-state index >= 15 is 0 Å². The van der Waals surface area contributed by atoms with Crippen LogP contribution in [0.15, 0.2) is 36.4 Å². The van der Waals surface area contributed by atoms with Gasteiger partial charge in [-0.2, -0.15) is 0 Å². The number of halogens is 1. The lowest BCUT2D eigenvalue weighted by atomic mass is 10.2. The number of nitro groups is 1. The molecular weight excluding hydrogens is 320 g/mol. The molecule has 7 nitrogen and oxygen atoms in total. The molecule has 0 atom stereocenters. The Labute approximate surface area is 138 Å². The Morgan fingerprint density at radius 2 is 1.87 bits per heavy atom. The summed E-state index contributed by atoms with van der Waals surface area (Å²) in [5.74, 6) is 0.127. The summed E-state index contributed by atoms with van der Waals surface area (Å²) in [6.07, 6.45) is 0. The Morgan fingerprint density at radius 3 is 2.52 bits per heavy atom. The molecule has 1 aliphatic rings. The summed E-state index contributed by atoms with van der Waals surface area (Å²) in [6, 6.07) is 10.4. The first-order valence-corrected chi connectivity index (χ1v) is 7.52. The first kappa shape index (κ1) is 15.5. The number of ether oxygens (including phenoxy) is 1. The Morgan fingerprint density at radius 1 is 1.17 bits per heavy atom. The van der Waals surface area contributed by atoms with E-state index in [-0.39, 0.29) is 16.7 Å². The molecule has 1 saturated heterocycles. The fourth-order valence-electron chi connectivity index (χ4n) is 2.38. The summed E-state index contributed by atoms with van der Waals surface area (Å²) in [4.78, 5) is 16.8. The first-order valence-electron chi connectivity index (χ1n) is 7.14. The quantitative estimate of drug-likeness (QED) is 0.525. The van der Waals surface area contributed by atoms with E-state index in [9.17, 15) is 10.1 Å². The highest BCUT2D eigenvalue weighted by molar-refractivity contribution is 6.29. The monoisotopic (exact) mass is 334 g/mol. The van der Waals surface area contributed by atoms with Crippen molar-refractivity contribution < 1.29 is 9.66 Å². The largest absolute Gasteiger partial charge is 0.378 e. The van der Waals surface area contributed by atoms with Crippen molar-refractivity contribution in [1.82, 2.24) is 4.98 Å². The molecule has 0 aliphatic carbocycles. The topological polar surface area (TPSA) is 80.5 Å². The summed E-state index contributed by atoms with van der Waals surface area (Å²) in [6.45, 7) is 3.15. The van der Waals surface area contributed by atoms with Crippen molar-refractivity contribution in [3.8, 4) is 0 Å². The standard InChI is InChI=1S/C15H15ClN4O3/c16-14-6-5-13(20(21)22)15(18-14)17-11-1-3-12(4-2-11)19-7-9-23-10-8-19/h1-6H,7-10H2,(H,17,18). The molecule has 120 valence electrons. The third-order valence-electron chi connectivity index (χ3n) is 3.54. The highest BCUT2D eigenvalue weighted by atomic mass is 35.5. The smallest absolute Gasteiger partial charge is 0.311 e. The second-order valence-electron chi connectivity index (χ2n) is 5.03. The van der Waals surface area contributed by atoms with Gasteiger partial charge in [-0.15, -0.1) is 0 Å². The van der Waals surface area contributed by atoms with Gasteiger partial charge in [-0.3, -0.25) is 10.1 Å². The minimum atomic E-state index is -0.492. The molecule has 3 rings (SSSR count). The number of hydrogen-bond acceptors (Lipinski definition) is 6. The van der Waals surface area contributed by atoms with Gasteiger partial charge in [-0.1, -0.05) is 11.6 Å². The number of morpholine rings is 1. The zero-order valence-corrected chi connectivity index (χ0v) is 13.0. The van der Waals surface area contributed by atoms with Crippen LogP contribution in [0.3, 0.4) is 0 Å². The van der Waals surface area contributed by atoms with Gasteiger partial charge in [0.15, 0.2) is 0 Å². The van der Waals surface area contributed by atoms with Gasteiger partial charge in [0.2, 0.25) is 5.82 Å². The number of nitrogens with one attached hydrogen (secondary N) is 1. The van der Waals surface area contributed by atoms with E-state index in [0.29, 0.717) is 5.69 Å². The molecule has 0 unspecified atom stereocenters. The summed E-state index contributed by atoms with van der Waals surface area (Å²) in [5.41, 5.74) is 1.68. The lowest BCUT2D eigenvalue weighted by Gasteiger charge is -2.28. The maximum absolute atomic E-state index is 11.0. The van der Waals surface area contributed by atoms with E-state index in [1.807, 2.05) is 24.3 Å². The number of benzene rings is 1. The third-order valence-corrected chi connectivity index (χ3v) is 3.75. The highest BCUT2D eigenvalue weighted by Gasteiger charge is 2.16. The summed E-state index contributed by atoms with van der Waals surface area (Å²) < 4.78 is 5.33. The van der Waals surface area contributed by atoms with Crippen molar-refractivity contribution in [3.05, 3.63) is 51.7 Å². The van der Waals surface area contributed by atoms with Gasteiger partial charge < -0.3 is 15.0 Å². The second-order valence-corrected chi connectivity index (χ2v) is 5.42. The van der Waals surface area contributed by atoms with E-state index in [0.717, 1.165) is 32.0 Å². The summed E-state index contributed by atoms with van der Waals surface area (Å²) in [5, 5.41) is 14.2. The van der Waals surface area contributed by atoms with Crippen LogP contribution in [0.4, 0.5) is 22.9 Å². The van der Waals surface area contributed by atoms with Gasteiger partial charge in [0.1, 0.15) is 5.15 Å². The highest BCUT2D eigenvalue weighted by Crippen LogP contribution is 2.28. The Hall–Kier alpha value is -2.38. The van der Waals surface area contributed by atoms with Gasteiger partial charge in [-0.25, -0.2) is 4.98 Å². The zero-order valence-electron chi connectivity index (χ0n) is 12.2. The Balaban J connectivity index is 1.78. The van der Waals surface area contributed by atoms with Crippen LogP contribution in [-0.2, 0) is 4.74 Å². The molecule has 0 bridgehead atoms. The lowest BCUT2D eigenvalue weighted by Crippen LogP contribution is -2.36. The van der Waals surface area contributed by atoms with E-state index in [2.05, 4.69) is 15.2 Å². The summed E-state index contributed by atoms with van der Waals surface area (Å²) in [7, 11) is 0. The molecule has 0 radical (unpaired) electrons. The van der Waals surface area contributed by atoms with Crippen LogP contribution < -0.4 is 10.2 Å². The van der Waals surface area contributed by atoms with Crippen LogP contribution in [0.2, 0.25) is 5.15 Å². The maximum Gasteiger partial charge on any atom is 0.311 e. The molecular formula is C15H15ClN4O3. The number of anilines is 3. The third kappa shape index (κ3) is 3.69. The average Bonchev–Trinajstić information content (AvgIpc) is 2.56. The molecule has 1 aromatic heterocycles. The van der Waals surface area contributed by atoms with Crippen LogP contribution >= 0.6 is 11.6 Å². The second kappa shape index (κ2) is 6.80. The van der Waals surface area contributed by atoms with Crippen molar-refractivity contribution in [2.24, 2.45) is 0 Å². The van der Waals surface area contributed by atoms with E-state index in [1.165, 1.54) is 12.1 Å². The molecule has 1 N–H and O–H groups in total. The first-order chi connectivity index (χ1) is 11.1. The van der Waals surface area contributed by atoms with Crippen molar-refractivity contribution in [1.29, 1.82) is 0 Å². The predicted molar refractivity (Wildman–Crippen MR) is 88.7 cm³/mol. The molecule has 2 heterocycles. The van der Waals surface area contributed by atoms with Crippen LogP contribution in [0.1, 0.15) is 0 Å².